The van der Waals surface area contributed by atoms with Crippen LogP contribution in [0.1, 0.15) is 31.2 Å². The third kappa shape index (κ3) is 4.37. The van der Waals surface area contributed by atoms with E-state index < -0.39 is 0 Å². The zero-order chi connectivity index (χ0) is 16.8. The minimum Gasteiger partial charge on any atom is -0.342 e. The summed E-state index contributed by atoms with van der Waals surface area (Å²) in [5.74, 6) is 0.444. The SMILES string of the molecule is O=C(CCn1cnnn1)N1CCC[C@H](CCc2ccccc2F)C1. The third-order valence-electron chi connectivity index (χ3n) is 4.60. The van der Waals surface area contributed by atoms with E-state index in [1.807, 2.05) is 17.0 Å². The van der Waals surface area contributed by atoms with E-state index in [9.17, 15) is 9.18 Å². The fourth-order valence-corrected chi connectivity index (χ4v) is 3.24. The molecule has 7 heteroatoms. The topological polar surface area (TPSA) is 63.9 Å². The summed E-state index contributed by atoms with van der Waals surface area (Å²) in [6, 6.07) is 6.93. The van der Waals surface area contributed by atoms with Crippen molar-refractivity contribution in [2.75, 3.05) is 13.1 Å². The molecule has 0 aliphatic carbocycles. The Morgan fingerprint density at radius 1 is 1.33 bits per heavy atom. The van der Waals surface area contributed by atoms with E-state index >= 15 is 0 Å². The van der Waals surface area contributed by atoms with Crippen LogP contribution in [0.2, 0.25) is 0 Å². The summed E-state index contributed by atoms with van der Waals surface area (Å²) in [5.41, 5.74) is 0.764. The average molecular weight is 331 g/mol. The number of benzene rings is 1. The van der Waals surface area contributed by atoms with Crippen LogP contribution in [0.25, 0.3) is 0 Å². The maximum Gasteiger partial charge on any atom is 0.224 e. The molecule has 1 saturated heterocycles. The van der Waals surface area contributed by atoms with Crippen LogP contribution in [0.3, 0.4) is 0 Å². The molecule has 1 aliphatic rings. The Kier molecular flexibility index (Phi) is 5.51. The number of halogens is 1. The first-order valence-electron chi connectivity index (χ1n) is 8.44. The van der Waals surface area contributed by atoms with E-state index in [1.165, 1.54) is 12.4 Å². The quantitative estimate of drug-likeness (QED) is 0.813. The van der Waals surface area contributed by atoms with E-state index in [2.05, 4.69) is 15.5 Å². The van der Waals surface area contributed by atoms with Crippen LogP contribution in [-0.2, 0) is 17.8 Å². The van der Waals surface area contributed by atoms with Crippen LogP contribution in [0, 0.1) is 11.7 Å². The lowest BCUT2D eigenvalue weighted by molar-refractivity contribution is -0.133. The number of amides is 1. The van der Waals surface area contributed by atoms with E-state index in [0.717, 1.165) is 44.3 Å². The molecule has 1 fully saturated rings. The highest BCUT2D eigenvalue weighted by atomic mass is 19.1. The van der Waals surface area contributed by atoms with E-state index in [4.69, 9.17) is 0 Å². The number of piperidine rings is 1. The molecule has 2 heterocycles. The molecule has 1 aliphatic heterocycles. The monoisotopic (exact) mass is 331 g/mol. The maximum atomic E-state index is 13.7. The highest BCUT2D eigenvalue weighted by Gasteiger charge is 2.23. The van der Waals surface area contributed by atoms with Crippen LogP contribution in [-0.4, -0.2) is 44.1 Å². The lowest BCUT2D eigenvalue weighted by Gasteiger charge is -2.33. The van der Waals surface area contributed by atoms with Gasteiger partial charge in [-0.25, -0.2) is 9.07 Å². The molecule has 0 N–H and O–H groups in total. The second kappa shape index (κ2) is 7.99. The number of carbonyl (C=O) groups is 1. The predicted molar refractivity (Wildman–Crippen MR) is 86.5 cm³/mol. The number of carbonyl (C=O) groups excluding carboxylic acids is 1. The van der Waals surface area contributed by atoms with E-state index in [-0.39, 0.29) is 11.7 Å². The van der Waals surface area contributed by atoms with Crippen molar-refractivity contribution in [3.8, 4) is 0 Å². The van der Waals surface area contributed by atoms with Gasteiger partial charge in [-0.3, -0.25) is 4.79 Å². The molecule has 1 aromatic carbocycles. The maximum absolute atomic E-state index is 13.7. The summed E-state index contributed by atoms with van der Waals surface area (Å²) >= 11 is 0. The number of hydrogen-bond acceptors (Lipinski definition) is 4. The highest BCUT2D eigenvalue weighted by molar-refractivity contribution is 5.76. The van der Waals surface area contributed by atoms with Crippen LogP contribution in [0.4, 0.5) is 4.39 Å². The number of aryl methyl sites for hydroxylation is 2. The van der Waals surface area contributed by atoms with E-state index in [0.29, 0.717) is 18.9 Å². The first-order chi connectivity index (χ1) is 11.7. The number of likely N-dealkylation sites (tertiary alicyclic amines) is 1. The molecule has 1 aromatic heterocycles. The first kappa shape index (κ1) is 16.5. The summed E-state index contributed by atoms with van der Waals surface area (Å²) in [4.78, 5) is 14.3. The van der Waals surface area contributed by atoms with Gasteiger partial charge in [-0.15, -0.1) is 5.10 Å². The van der Waals surface area contributed by atoms with Gasteiger partial charge in [-0.2, -0.15) is 0 Å². The lowest BCUT2D eigenvalue weighted by Crippen LogP contribution is -2.40. The Bertz CT molecular complexity index is 661. The summed E-state index contributed by atoms with van der Waals surface area (Å²) in [7, 11) is 0. The van der Waals surface area contributed by atoms with Gasteiger partial charge in [-0.1, -0.05) is 18.2 Å². The lowest BCUT2D eigenvalue weighted by atomic mass is 9.91. The van der Waals surface area contributed by atoms with Crippen LogP contribution in [0.15, 0.2) is 30.6 Å². The van der Waals surface area contributed by atoms with E-state index in [1.54, 1.807) is 10.7 Å². The van der Waals surface area contributed by atoms with Gasteiger partial charge in [0.15, 0.2) is 0 Å². The Labute approximate surface area is 140 Å². The van der Waals surface area contributed by atoms with Crippen molar-refractivity contribution < 1.29 is 9.18 Å². The average Bonchev–Trinajstić information content (AvgIpc) is 3.13. The van der Waals surface area contributed by atoms with Crippen molar-refractivity contribution in [2.24, 2.45) is 5.92 Å². The molecule has 0 spiro atoms. The summed E-state index contributed by atoms with van der Waals surface area (Å²) in [6.07, 6.45) is 5.68. The van der Waals surface area contributed by atoms with Gasteiger partial charge in [0.05, 0.1) is 6.54 Å². The number of tetrazole rings is 1. The Hall–Kier alpha value is -2.31. The van der Waals surface area contributed by atoms with Gasteiger partial charge in [0.2, 0.25) is 5.91 Å². The summed E-state index contributed by atoms with van der Waals surface area (Å²) < 4.78 is 15.3. The molecule has 24 heavy (non-hydrogen) atoms. The molecule has 1 amide bonds. The molecule has 1 atom stereocenters. The van der Waals surface area contributed by atoms with Crippen molar-refractivity contribution in [3.05, 3.63) is 42.0 Å². The van der Waals surface area contributed by atoms with Gasteiger partial charge in [0.1, 0.15) is 12.1 Å². The van der Waals surface area contributed by atoms with Crippen molar-refractivity contribution in [3.63, 3.8) is 0 Å². The molecular formula is C17H22FN5O. The smallest absolute Gasteiger partial charge is 0.224 e. The molecule has 0 saturated carbocycles. The minimum absolute atomic E-state index is 0.136. The second-order valence-electron chi connectivity index (χ2n) is 6.30. The van der Waals surface area contributed by atoms with Crippen LogP contribution in [0.5, 0.6) is 0 Å². The number of hydrogen-bond donors (Lipinski definition) is 0. The van der Waals surface area contributed by atoms with Crippen LogP contribution < -0.4 is 0 Å². The minimum atomic E-state index is -0.136. The molecule has 0 bridgehead atoms. The molecule has 0 radical (unpaired) electrons. The fourth-order valence-electron chi connectivity index (χ4n) is 3.24. The van der Waals surface area contributed by atoms with Crippen molar-refractivity contribution >= 4 is 5.91 Å². The van der Waals surface area contributed by atoms with Gasteiger partial charge >= 0.3 is 0 Å². The van der Waals surface area contributed by atoms with Crippen molar-refractivity contribution in [1.29, 1.82) is 0 Å². The molecule has 3 rings (SSSR count). The normalized spacial score (nSPS) is 17.9. The second-order valence-corrected chi connectivity index (χ2v) is 6.30. The largest absolute Gasteiger partial charge is 0.342 e. The summed E-state index contributed by atoms with van der Waals surface area (Å²) in [6.45, 7) is 2.08. The Morgan fingerprint density at radius 2 is 2.21 bits per heavy atom. The molecule has 0 unspecified atom stereocenters. The van der Waals surface area contributed by atoms with Crippen LogP contribution >= 0.6 is 0 Å². The number of aromatic nitrogens is 4. The molecule has 6 nitrogen and oxygen atoms in total. The fraction of sp³-hybridized carbons (Fsp3) is 0.529. The number of rotatable bonds is 6. The standard InChI is InChI=1S/C17H22FN5O/c18-16-6-2-1-5-15(16)8-7-14-4-3-10-22(12-14)17(24)9-11-23-13-19-20-21-23/h1-2,5-6,13-14H,3-4,7-12H2/t14-/m1/s1. The van der Waals surface area contributed by atoms with Gasteiger partial charge in [0, 0.05) is 19.5 Å². The van der Waals surface area contributed by atoms with Gasteiger partial charge in [0.25, 0.3) is 0 Å². The molecule has 128 valence electrons. The zero-order valence-electron chi connectivity index (χ0n) is 13.6. The summed E-state index contributed by atoms with van der Waals surface area (Å²) in [5, 5.41) is 10.9. The van der Waals surface area contributed by atoms with Crippen molar-refractivity contribution in [2.45, 2.75) is 38.6 Å². The Balaban J connectivity index is 1.47. The molecular weight excluding hydrogens is 309 g/mol. The Morgan fingerprint density at radius 3 is 3.00 bits per heavy atom. The molecule has 2 aromatic rings. The first-order valence-corrected chi connectivity index (χ1v) is 8.44. The van der Waals surface area contributed by atoms with Gasteiger partial charge in [-0.05, 0) is 53.7 Å². The van der Waals surface area contributed by atoms with Crippen molar-refractivity contribution in [1.82, 2.24) is 25.1 Å². The predicted octanol–water partition coefficient (Wildman–Crippen LogP) is 2.07. The third-order valence-corrected chi connectivity index (χ3v) is 4.60. The number of nitrogens with zero attached hydrogens (tertiary/aromatic N) is 5. The van der Waals surface area contributed by atoms with Gasteiger partial charge < -0.3 is 4.90 Å². The zero-order valence-corrected chi connectivity index (χ0v) is 13.6. The highest BCUT2D eigenvalue weighted by Crippen LogP contribution is 2.23.